The minimum Gasteiger partial charge on any atom is -0.437 e. The summed E-state index contributed by atoms with van der Waals surface area (Å²) in [5.74, 6) is 1.59. The normalized spacial score (nSPS) is 15.4. The third kappa shape index (κ3) is 3.38. The molecule has 120 valence electrons. The lowest BCUT2D eigenvalue weighted by molar-refractivity contribution is 0.0995. The Kier molecular flexibility index (Phi) is 4.10. The molecule has 0 saturated heterocycles. The van der Waals surface area contributed by atoms with Crippen LogP contribution in [0.5, 0.6) is 0 Å². The number of primary amides is 1. The van der Waals surface area contributed by atoms with Crippen LogP contribution in [0.1, 0.15) is 53.9 Å². The molecule has 4 N–H and O–H groups in total. The number of rotatable bonds is 6. The summed E-state index contributed by atoms with van der Waals surface area (Å²) in [6, 6.07) is -0.229. The van der Waals surface area contributed by atoms with E-state index in [0.717, 1.165) is 18.7 Å². The van der Waals surface area contributed by atoms with Crippen LogP contribution in [0.3, 0.4) is 0 Å². The molecule has 10 heteroatoms. The molecule has 0 spiro atoms. The quantitative estimate of drug-likeness (QED) is 0.629. The molecule has 9 nitrogen and oxygen atoms in total. The van der Waals surface area contributed by atoms with E-state index in [0.29, 0.717) is 17.6 Å². The highest BCUT2D eigenvalue weighted by Crippen LogP contribution is 2.38. The van der Waals surface area contributed by atoms with Crippen molar-refractivity contribution in [2.45, 2.75) is 38.5 Å². The van der Waals surface area contributed by atoms with Gasteiger partial charge in [0.2, 0.25) is 0 Å². The minimum absolute atomic E-state index is 0.0907. The van der Waals surface area contributed by atoms with Gasteiger partial charge in [-0.1, -0.05) is 0 Å². The van der Waals surface area contributed by atoms with Gasteiger partial charge in [-0.05, 0) is 26.6 Å². The zero-order chi connectivity index (χ0) is 16.6. The van der Waals surface area contributed by atoms with Gasteiger partial charge in [0.05, 0.1) is 18.4 Å². The second-order valence-electron chi connectivity index (χ2n) is 5.70. The first-order valence-corrected chi connectivity index (χ1v) is 7.49. The molecule has 3 rings (SSSR count). The minimum atomic E-state index is -0.678. The maximum atomic E-state index is 11.1. The van der Waals surface area contributed by atoms with Crippen molar-refractivity contribution in [1.82, 2.24) is 30.0 Å². The van der Waals surface area contributed by atoms with Crippen LogP contribution in [0.4, 0.5) is 0 Å². The first-order chi connectivity index (χ1) is 11.0. The molecule has 0 aromatic carbocycles. The van der Waals surface area contributed by atoms with E-state index in [1.807, 2.05) is 6.92 Å². The topological polar surface area (TPSA) is 132 Å². The predicted molar refractivity (Wildman–Crippen MR) is 82.8 cm³/mol. The molecule has 2 aromatic rings. The van der Waals surface area contributed by atoms with Crippen LogP contribution < -0.4 is 11.0 Å². The van der Waals surface area contributed by atoms with Gasteiger partial charge in [0.25, 0.3) is 5.91 Å². The Labute approximate surface area is 133 Å². The molecular weight excluding hydrogens is 297 g/mol. The van der Waals surface area contributed by atoms with Crippen LogP contribution in [0.2, 0.25) is 6.82 Å². The summed E-state index contributed by atoms with van der Waals surface area (Å²) in [6.07, 6.45) is 4.90. The number of carbonyl (C=O) groups is 1. The summed E-state index contributed by atoms with van der Waals surface area (Å²) in [6.45, 7) is 3.52. The first kappa shape index (κ1) is 15.6. The summed E-state index contributed by atoms with van der Waals surface area (Å²) in [5, 5.41) is 17.0. The smallest absolute Gasteiger partial charge is 0.374 e. The number of nitrogens with one attached hydrogen (secondary N) is 1. The molecule has 2 heterocycles. The fraction of sp³-hybridized carbons (Fsp3) is 0.462. The van der Waals surface area contributed by atoms with E-state index in [1.54, 1.807) is 11.5 Å². The largest absolute Gasteiger partial charge is 0.437 e. The van der Waals surface area contributed by atoms with Crippen molar-refractivity contribution in [3.63, 3.8) is 0 Å². The van der Waals surface area contributed by atoms with Gasteiger partial charge in [0.1, 0.15) is 11.5 Å². The molecule has 1 saturated carbocycles. The maximum Gasteiger partial charge on any atom is 0.374 e. The van der Waals surface area contributed by atoms with Gasteiger partial charge in [-0.2, -0.15) is 4.68 Å². The molecule has 2 aromatic heterocycles. The van der Waals surface area contributed by atoms with Gasteiger partial charge in [0, 0.05) is 5.92 Å². The zero-order valence-electron chi connectivity index (χ0n) is 13.0. The average molecular weight is 315 g/mol. The molecule has 1 aliphatic carbocycles. The lowest BCUT2D eigenvalue weighted by Crippen LogP contribution is -2.34. The van der Waals surface area contributed by atoms with Crippen molar-refractivity contribution in [2.24, 2.45) is 5.73 Å². The highest BCUT2D eigenvalue weighted by Gasteiger charge is 2.30. The van der Waals surface area contributed by atoms with E-state index in [4.69, 9.17) is 5.73 Å². The van der Waals surface area contributed by atoms with Gasteiger partial charge < -0.3 is 16.0 Å². The second kappa shape index (κ2) is 6.05. The van der Waals surface area contributed by atoms with Crippen molar-refractivity contribution < 1.29 is 9.82 Å². The van der Waals surface area contributed by atoms with Crippen molar-refractivity contribution in [3.05, 3.63) is 29.7 Å². The molecule has 1 fully saturated rings. The number of aromatic nitrogens is 5. The molecule has 0 radical (unpaired) electrons. The fourth-order valence-electron chi connectivity index (χ4n) is 2.30. The lowest BCUT2D eigenvalue weighted by Gasteiger charge is -2.14. The summed E-state index contributed by atoms with van der Waals surface area (Å²) in [4.78, 5) is 23.9. The molecular formula is C13H18BN7O2. The van der Waals surface area contributed by atoms with Crippen LogP contribution in [0.15, 0.2) is 12.4 Å². The van der Waals surface area contributed by atoms with Crippen LogP contribution in [0, 0.1) is 0 Å². The van der Waals surface area contributed by atoms with Gasteiger partial charge in [-0.25, -0.2) is 15.0 Å². The zero-order valence-corrected chi connectivity index (χ0v) is 13.0. The highest BCUT2D eigenvalue weighted by molar-refractivity contribution is 6.45. The molecule has 1 aliphatic rings. The molecule has 23 heavy (non-hydrogen) atoms. The molecule has 0 bridgehead atoms. The predicted octanol–water partition coefficient (Wildman–Crippen LogP) is -0.205. The van der Waals surface area contributed by atoms with E-state index in [1.165, 1.54) is 12.4 Å². The Morgan fingerprint density at radius 1 is 1.48 bits per heavy atom. The number of hydrogen-bond donors (Lipinski definition) is 3. The molecule has 1 amide bonds. The summed E-state index contributed by atoms with van der Waals surface area (Å²) in [7, 11) is -0.678. The van der Waals surface area contributed by atoms with E-state index in [9.17, 15) is 9.82 Å². The first-order valence-electron chi connectivity index (χ1n) is 7.49. The molecule has 0 aliphatic heterocycles. The van der Waals surface area contributed by atoms with Gasteiger partial charge in [-0.3, -0.25) is 4.79 Å². The highest BCUT2D eigenvalue weighted by atomic mass is 16.2. The van der Waals surface area contributed by atoms with Gasteiger partial charge in [-0.15, -0.1) is 5.10 Å². The van der Waals surface area contributed by atoms with Crippen LogP contribution in [-0.4, -0.2) is 42.7 Å². The van der Waals surface area contributed by atoms with Crippen LogP contribution >= 0.6 is 0 Å². The van der Waals surface area contributed by atoms with Gasteiger partial charge in [0.15, 0.2) is 11.6 Å². The Morgan fingerprint density at radius 2 is 2.22 bits per heavy atom. The average Bonchev–Trinajstić information content (AvgIpc) is 3.25. The number of nitrogens with zero attached hydrogens (tertiary/aromatic N) is 5. The third-order valence-corrected chi connectivity index (χ3v) is 3.58. The summed E-state index contributed by atoms with van der Waals surface area (Å²) in [5.41, 5.74) is 5.26. The maximum absolute atomic E-state index is 11.1. The summed E-state index contributed by atoms with van der Waals surface area (Å²) < 4.78 is 1.59. The van der Waals surface area contributed by atoms with E-state index >= 15 is 0 Å². The summed E-state index contributed by atoms with van der Waals surface area (Å²) >= 11 is 0. The standard InChI is InChI=1S/C13H18BN7O2/c1-7(19-14(2)23)13-18-12(8-3-4-8)20-21(13)10-6-16-9(5-17-10)11(15)22/h5-8,19,23H,3-4H2,1-2H3,(H2,15,22)/t7-/m0/s1. The molecule has 0 unspecified atom stereocenters. The third-order valence-electron chi connectivity index (χ3n) is 3.58. The van der Waals surface area contributed by atoms with E-state index in [-0.39, 0.29) is 11.7 Å². The van der Waals surface area contributed by atoms with Crippen LogP contribution in [-0.2, 0) is 0 Å². The van der Waals surface area contributed by atoms with Crippen molar-refractivity contribution in [2.75, 3.05) is 0 Å². The number of carbonyl (C=O) groups excluding carboxylic acids is 1. The number of nitrogens with two attached hydrogens (primary N) is 1. The Bertz CT molecular complexity index is 712. The monoisotopic (exact) mass is 315 g/mol. The Balaban J connectivity index is 1.97. The second-order valence-corrected chi connectivity index (χ2v) is 5.70. The Hall–Kier alpha value is -2.33. The van der Waals surface area contributed by atoms with Crippen LogP contribution in [0.25, 0.3) is 5.82 Å². The van der Waals surface area contributed by atoms with Crippen molar-refractivity contribution >= 4 is 13.0 Å². The molecule has 1 atom stereocenters. The number of hydrogen-bond acceptors (Lipinski definition) is 7. The van der Waals surface area contributed by atoms with Crippen molar-refractivity contribution in [1.29, 1.82) is 0 Å². The Morgan fingerprint density at radius 3 is 2.74 bits per heavy atom. The van der Waals surface area contributed by atoms with E-state index < -0.39 is 13.0 Å². The lowest BCUT2D eigenvalue weighted by atomic mass is 9.87. The van der Waals surface area contributed by atoms with Crippen molar-refractivity contribution in [3.8, 4) is 5.82 Å². The fourth-order valence-corrected chi connectivity index (χ4v) is 2.30. The van der Waals surface area contributed by atoms with Gasteiger partial charge >= 0.3 is 7.05 Å². The van der Waals surface area contributed by atoms with E-state index in [2.05, 4.69) is 25.3 Å². The number of amides is 1. The SMILES string of the molecule is CB(O)N[C@@H](C)c1nc(C2CC2)nn1-c1cnc(C(N)=O)cn1.